The van der Waals surface area contributed by atoms with Gasteiger partial charge in [0.15, 0.2) is 0 Å². The van der Waals surface area contributed by atoms with Crippen molar-refractivity contribution in [1.82, 2.24) is 0 Å². The summed E-state index contributed by atoms with van der Waals surface area (Å²) in [6, 6.07) is 11.5. The zero-order chi connectivity index (χ0) is 11.0. The fourth-order valence-electron chi connectivity index (χ4n) is 1.20. The van der Waals surface area contributed by atoms with Crippen molar-refractivity contribution in [1.29, 1.82) is 0 Å². The maximum atomic E-state index is 4.61. The van der Waals surface area contributed by atoms with Crippen molar-refractivity contribution < 1.29 is 31.2 Å². The van der Waals surface area contributed by atoms with Crippen molar-refractivity contribution in [2.24, 2.45) is 0 Å². The van der Waals surface area contributed by atoms with E-state index in [1.165, 1.54) is 5.30 Å². The molecule has 0 fully saturated rings. The van der Waals surface area contributed by atoms with E-state index in [9.17, 15) is 0 Å². The molecule has 0 atom stereocenters. The van der Waals surface area contributed by atoms with E-state index in [0.29, 0.717) is 0 Å². The number of allylic oxidation sites excluding steroid dienone is 1. The zero-order valence-electron chi connectivity index (χ0n) is 8.98. The van der Waals surface area contributed by atoms with Crippen molar-refractivity contribution in [3.05, 3.63) is 42.2 Å². The Kier molecular flexibility index (Phi) is 11.8. The van der Waals surface area contributed by atoms with Crippen LogP contribution < -0.4 is 17.7 Å². The van der Waals surface area contributed by atoms with Crippen molar-refractivity contribution in [2.75, 3.05) is 13.3 Å². The van der Waals surface area contributed by atoms with Crippen molar-refractivity contribution in [3.8, 4) is 0 Å². The van der Waals surface area contributed by atoms with Gasteiger partial charge in [0.2, 0.25) is 0 Å². The van der Waals surface area contributed by atoms with Gasteiger partial charge >= 0.3 is 28.2 Å². The fraction of sp³-hybridized carbons (Fsp3) is 0.273. The summed E-state index contributed by atoms with van der Waals surface area (Å²) < 4.78 is 0. The summed E-state index contributed by atoms with van der Waals surface area (Å²) in [5.41, 5.74) is 0. The summed E-state index contributed by atoms with van der Waals surface area (Å²) in [4.78, 5) is 0. The third-order valence-corrected chi connectivity index (χ3v) is 4.40. The van der Waals surface area contributed by atoms with Gasteiger partial charge in [0.05, 0.1) is 19.1 Å². The predicted molar refractivity (Wildman–Crippen MR) is 64.3 cm³/mol. The number of hydrogen-bond acceptors (Lipinski definition) is 0. The van der Waals surface area contributed by atoms with Gasteiger partial charge in [-0.3, -0.25) is 0 Å². The molecule has 1 aromatic rings. The molecule has 4 heteroatoms. The van der Waals surface area contributed by atoms with Gasteiger partial charge in [-0.1, -0.05) is 6.08 Å². The number of benzene rings is 1. The van der Waals surface area contributed by atoms with E-state index in [1.54, 1.807) is 18.8 Å². The summed E-state index contributed by atoms with van der Waals surface area (Å²) in [7, 11) is 3.58. The van der Waals surface area contributed by atoms with Crippen LogP contribution >= 0.6 is 16.7 Å². The molecular formula is C11H15Cl2PPt. The molecule has 88 valence electrons. The molecule has 0 spiro atoms. The molecule has 0 aliphatic rings. The maximum absolute atomic E-state index is 4.61. The molecule has 0 aromatic heterocycles. The Hall–Kier alpha value is 0.658. The van der Waals surface area contributed by atoms with Crippen LogP contribution in [0.25, 0.3) is 0 Å². The quantitative estimate of drug-likeness (QED) is 0.464. The van der Waals surface area contributed by atoms with E-state index < -0.39 is 7.26 Å². The summed E-state index contributed by atoms with van der Waals surface area (Å²) in [5, 5.41) is 1.35. The van der Waals surface area contributed by atoms with E-state index in [2.05, 4.69) is 59.8 Å². The van der Waals surface area contributed by atoms with Crippen molar-refractivity contribution in [2.45, 2.75) is 6.92 Å². The second kappa shape index (κ2) is 9.85. The topological polar surface area (TPSA) is 0 Å². The molecule has 0 saturated heterocycles. The van der Waals surface area contributed by atoms with Crippen LogP contribution in [0.2, 0.25) is 0 Å². The van der Waals surface area contributed by atoms with Crippen LogP contribution in [0.1, 0.15) is 6.92 Å². The Labute approximate surface area is 115 Å². The summed E-state index contributed by atoms with van der Waals surface area (Å²) in [6.07, 6.45) is 2.13. The van der Waals surface area contributed by atoms with Gasteiger partial charge in [0.25, 0.3) is 0 Å². The van der Waals surface area contributed by atoms with Crippen LogP contribution in [0, 0.1) is 6.07 Å². The SMILES string of the molecule is C/C=C/[P+](C)(C)c1[c-]cccc1.[Cl-].[Cl][Pt+]. The molecule has 0 aliphatic heterocycles. The molecule has 1 aromatic carbocycles. The molecule has 0 radical (unpaired) electrons. The first-order valence-corrected chi connectivity index (χ1v) is 9.80. The van der Waals surface area contributed by atoms with Crippen LogP contribution in [-0.4, -0.2) is 13.3 Å². The van der Waals surface area contributed by atoms with Gasteiger partial charge in [-0.15, -0.1) is 12.1 Å². The van der Waals surface area contributed by atoms with Gasteiger partial charge < -0.3 is 12.4 Å². The summed E-state index contributed by atoms with van der Waals surface area (Å²) >= 11 is 1.61. The second-order valence-electron chi connectivity index (χ2n) is 3.27. The number of halogens is 2. The molecule has 0 heterocycles. The van der Waals surface area contributed by atoms with Gasteiger partial charge in [-0.05, 0) is 12.2 Å². The van der Waals surface area contributed by atoms with Gasteiger partial charge in [-0.2, -0.15) is 18.2 Å². The second-order valence-corrected chi connectivity index (χ2v) is 7.13. The van der Waals surface area contributed by atoms with Gasteiger partial charge in [0, 0.05) is 7.26 Å². The molecule has 0 unspecified atom stereocenters. The Morgan fingerprint density at radius 1 is 1.33 bits per heavy atom. The van der Waals surface area contributed by atoms with Crippen LogP contribution in [-0.2, 0) is 18.8 Å². The number of rotatable bonds is 2. The Morgan fingerprint density at radius 3 is 2.33 bits per heavy atom. The van der Waals surface area contributed by atoms with Crippen molar-refractivity contribution in [3.63, 3.8) is 0 Å². The van der Waals surface area contributed by atoms with Crippen molar-refractivity contribution >= 4 is 22.0 Å². The third kappa shape index (κ3) is 6.75. The van der Waals surface area contributed by atoms with Gasteiger partial charge in [-0.25, -0.2) is 0 Å². The monoisotopic (exact) mass is 443 g/mol. The fourth-order valence-corrected chi connectivity index (χ4v) is 2.98. The average molecular weight is 444 g/mol. The summed E-state index contributed by atoms with van der Waals surface area (Å²) in [6.45, 7) is 6.68. The summed E-state index contributed by atoms with van der Waals surface area (Å²) in [5.74, 6) is 2.30. The van der Waals surface area contributed by atoms with Crippen LogP contribution in [0.15, 0.2) is 36.2 Å². The average Bonchev–Trinajstić information content (AvgIpc) is 2.22. The Balaban J connectivity index is 0. The van der Waals surface area contributed by atoms with E-state index in [-0.39, 0.29) is 12.4 Å². The number of hydrogen-bond donors (Lipinski definition) is 0. The molecule has 0 amide bonds. The molecule has 0 bridgehead atoms. The van der Waals surface area contributed by atoms with E-state index >= 15 is 0 Å². The molecule has 0 saturated carbocycles. The molecular weight excluding hydrogens is 429 g/mol. The van der Waals surface area contributed by atoms with Crippen LogP contribution in [0.3, 0.4) is 0 Å². The minimum absolute atomic E-state index is 0. The first kappa shape index (κ1) is 18.0. The van der Waals surface area contributed by atoms with Gasteiger partial charge in [0.1, 0.15) is 0 Å². The van der Waals surface area contributed by atoms with E-state index in [1.807, 2.05) is 12.1 Å². The standard InChI is InChI=1S/C11H15P.2ClH.Pt/c1-4-10-12(2,3)11-8-6-5-7-9-11;;;/h4-8,10H,1-3H3;2*1H;/q;;;+2/p-2/b10-4+;;;. The Bertz CT molecular complexity index is 273. The van der Waals surface area contributed by atoms with E-state index in [0.717, 1.165) is 0 Å². The first-order valence-electron chi connectivity index (χ1n) is 4.23. The normalized spacial score (nSPS) is 10.3. The molecule has 15 heavy (non-hydrogen) atoms. The van der Waals surface area contributed by atoms with E-state index in [4.69, 9.17) is 0 Å². The van der Waals surface area contributed by atoms with Crippen LogP contribution in [0.5, 0.6) is 0 Å². The predicted octanol–water partition coefficient (Wildman–Crippen LogP) is 0.614. The first-order chi connectivity index (χ1) is 6.67. The van der Waals surface area contributed by atoms with Crippen LogP contribution in [0.4, 0.5) is 0 Å². The molecule has 0 N–H and O–H groups in total. The Morgan fingerprint density at radius 2 is 1.93 bits per heavy atom. The third-order valence-electron chi connectivity index (χ3n) is 1.84. The molecule has 0 nitrogen and oxygen atoms in total. The zero-order valence-corrected chi connectivity index (χ0v) is 13.7. The molecule has 1 rings (SSSR count). The molecule has 0 aliphatic carbocycles. The minimum atomic E-state index is -1.03.